The van der Waals surface area contributed by atoms with Crippen LogP contribution in [0.15, 0.2) is 58.3 Å². The fraction of sp³-hybridized carbons (Fsp3) is 0.238. The van der Waals surface area contributed by atoms with Crippen LogP contribution in [0, 0.1) is 0 Å². The second-order valence-electron chi connectivity index (χ2n) is 6.78. The van der Waals surface area contributed by atoms with Gasteiger partial charge in [-0.25, -0.2) is 18.4 Å². The summed E-state index contributed by atoms with van der Waals surface area (Å²) in [5, 5.41) is 0. The van der Waals surface area contributed by atoms with Gasteiger partial charge in [0.05, 0.1) is 23.0 Å². The van der Waals surface area contributed by atoms with E-state index in [9.17, 15) is 8.42 Å². The van der Waals surface area contributed by atoms with Crippen LogP contribution < -0.4 is 10.5 Å². The Kier molecular flexibility index (Phi) is 4.87. The third kappa shape index (κ3) is 3.19. The van der Waals surface area contributed by atoms with Gasteiger partial charge in [0.2, 0.25) is 9.84 Å². The summed E-state index contributed by atoms with van der Waals surface area (Å²) in [5.74, 6) is 0.743. The highest BCUT2D eigenvalue weighted by atomic mass is 32.2. The number of sulfone groups is 1. The molecule has 7 nitrogen and oxygen atoms in total. The van der Waals surface area contributed by atoms with E-state index < -0.39 is 9.84 Å². The van der Waals surface area contributed by atoms with Gasteiger partial charge in [-0.3, -0.25) is 0 Å². The zero-order valence-corrected chi connectivity index (χ0v) is 17.1. The number of hydrogen-bond donors (Lipinski definition) is 1. The molecule has 4 aromatic rings. The summed E-state index contributed by atoms with van der Waals surface area (Å²) in [4.78, 5) is 9.45. The molecule has 8 heteroatoms. The molecular weight excluding hydrogens is 388 g/mol. The highest BCUT2D eigenvalue weighted by Gasteiger charge is 2.30. The number of ether oxygens (including phenoxy) is 1. The molecule has 0 fully saturated rings. The summed E-state index contributed by atoms with van der Waals surface area (Å²) in [5.41, 5.74) is 8.49. The number of hydrogen-bond acceptors (Lipinski definition) is 6. The second kappa shape index (κ2) is 7.36. The minimum atomic E-state index is -3.90. The standard InChI is InChI=1S/C21H22N4O3S/c1-3-4-13-25-20(22)19(29(26,27)15-11-9-14(28-2)10-12-15)18-21(25)24-17-8-6-5-7-16(17)23-18/h5-12H,3-4,13,22H2,1-2H3. The van der Waals surface area contributed by atoms with Crippen molar-refractivity contribution < 1.29 is 13.2 Å². The summed E-state index contributed by atoms with van der Waals surface area (Å²) in [6.45, 7) is 2.64. The van der Waals surface area contributed by atoms with Crippen LogP contribution in [0.3, 0.4) is 0 Å². The molecule has 2 aromatic carbocycles. The Labute approximate surface area is 169 Å². The van der Waals surface area contributed by atoms with E-state index in [-0.39, 0.29) is 15.6 Å². The zero-order valence-electron chi connectivity index (χ0n) is 16.3. The summed E-state index contributed by atoms with van der Waals surface area (Å²) in [6.07, 6.45) is 1.80. The molecule has 0 saturated carbocycles. The molecule has 0 aliphatic carbocycles. The van der Waals surface area contributed by atoms with Crippen LogP contribution in [-0.2, 0) is 16.4 Å². The van der Waals surface area contributed by atoms with Crippen molar-refractivity contribution in [3.05, 3.63) is 48.5 Å². The number of para-hydroxylation sites is 2. The Morgan fingerprint density at radius 1 is 1.03 bits per heavy atom. The van der Waals surface area contributed by atoms with E-state index in [2.05, 4.69) is 16.9 Å². The van der Waals surface area contributed by atoms with Crippen LogP contribution >= 0.6 is 0 Å². The van der Waals surface area contributed by atoms with Gasteiger partial charge < -0.3 is 15.0 Å². The quantitative estimate of drug-likeness (QED) is 0.519. The summed E-state index contributed by atoms with van der Waals surface area (Å²) < 4.78 is 33.9. The molecule has 4 rings (SSSR count). The van der Waals surface area contributed by atoms with E-state index >= 15 is 0 Å². The molecule has 29 heavy (non-hydrogen) atoms. The molecule has 0 amide bonds. The van der Waals surface area contributed by atoms with E-state index in [0.717, 1.165) is 12.8 Å². The minimum Gasteiger partial charge on any atom is -0.497 e. The van der Waals surface area contributed by atoms with E-state index in [4.69, 9.17) is 10.5 Å². The van der Waals surface area contributed by atoms with Gasteiger partial charge in [-0.05, 0) is 42.8 Å². The van der Waals surface area contributed by atoms with Crippen molar-refractivity contribution >= 4 is 37.9 Å². The number of nitrogens with two attached hydrogens (primary N) is 1. The molecule has 0 atom stereocenters. The summed E-state index contributed by atoms with van der Waals surface area (Å²) in [6, 6.07) is 13.6. The lowest BCUT2D eigenvalue weighted by Crippen LogP contribution is -2.08. The molecule has 2 heterocycles. The van der Waals surface area contributed by atoms with Gasteiger partial charge >= 0.3 is 0 Å². The number of methoxy groups -OCH3 is 1. The van der Waals surface area contributed by atoms with Crippen molar-refractivity contribution in [1.29, 1.82) is 0 Å². The number of rotatable bonds is 6. The molecule has 0 saturated heterocycles. The number of anilines is 1. The lowest BCUT2D eigenvalue weighted by molar-refractivity contribution is 0.414. The smallest absolute Gasteiger partial charge is 0.212 e. The topological polar surface area (TPSA) is 100 Å². The largest absolute Gasteiger partial charge is 0.497 e. The maximum absolute atomic E-state index is 13.5. The third-order valence-corrected chi connectivity index (χ3v) is 6.75. The Balaban J connectivity index is 2.01. The van der Waals surface area contributed by atoms with E-state index in [0.29, 0.717) is 34.5 Å². The van der Waals surface area contributed by atoms with Crippen LogP contribution in [0.2, 0.25) is 0 Å². The first-order valence-corrected chi connectivity index (χ1v) is 10.9. The maximum Gasteiger partial charge on any atom is 0.212 e. The Morgan fingerprint density at radius 2 is 1.69 bits per heavy atom. The first-order valence-electron chi connectivity index (χ1n) is 9.41. The van der Waals surface area contributed by atoms with Gasteiger partial charge in [0.25, 0.3) is 0 Å². The first-order chi connectivity index (χ1) is 14.0. The first kappa shape index (κ1) is 19.2. The third-order valence-electron chi connectivity index (χ3n) is 4.92. The molecule has 2 N–H and O–H groups in total. The van der Waals surface area contributed by atoms with Gasteiger partial charge in [0.15, 0.2) is 5.65 Å². The zero-order chi connectivity index (χ0) is 20.6. The molecule has 0 radical (unpaired) electrons. The fourth-order valence-corrected chi connectivity index (χ4v) is 4.88. The van der Waals surface area contributed by atoms with Crippen molar-refractivity contribution in [3.8, 4) is 5.75 Å². The Morgan fingerprint density at radius 3 is 2.31 bits per heavy atom. The van der Waals surface area contributed by atoms with Crippen LogP contribution in [0.5, 0.6) is 5.75 Å². The monoisotopic (exact) mass is 410 g/mol. The number of nitrogen functional groups attached to an aromatic ring is 1. The molecule has 0 aliphatic rings. The number of benzene rings is 2. The number of unbranched alkanes of at least 4 members (excludes halogenated alkanes) is 1. The average Bonchev–Trinajstić information content (AvgIpc) is 3.01. The molecule has 0 unspecified atom stereocenters. The minimum absolute atomic E-state index is 0.00650. The van der Waals surface area contributed by atoms with Crippen LogP contribution in [0.25, 0.3) is 22.2 Å². The van der Waals surface area contributed by atoms with Gasteiger partial charge in [-0.15, -0.1) is 0 Å². The van der Waals surface area contributed by atoms with Crippen molar-refractivity contribution in [2.75, 3.05) is 12.8 Å². The van der Waals surface area contributed by atoms with Gasteiger partial charge in [-0.1, -0.05) is 25.5 Å². The second-order valence-corrected chi connectivity index (χ2v) is 8.67. The van der Waals surface area contributed by atoms with Crippen molar-refractivity contribution in [1.82, 2.24) is 14.5 Å². The number of nitrogens with zero attached hydrogens (tertiary/aromatic N) is 3. The Bertz CT molecular complexity index is 1300. The highest BCUT2D eigenvalue weighted by molar-refractivity contribution is 7.92. The fourth-order valence-electron chi connectivity index (χ4n) is 3.37. The summed E-state index contributed by atoms with van der Waals surface area (Å²) >= 11 is 0. The molecule has 0 bridgehead atoms. The summed E-state index contributed by atoms with van der Waals surface area (Å²) in [7, 11) is -2.37. The predicted octanol–water partition coefficient (Wildman–Crippen LogP) is 3.81. The van der Waals surface area contributed by atoms with Crippen LogP contribution in [0.4, 0.5) is 5.82 Å². The van der Waals surface area contributed by atoms with E-state index in [1.165, 1.54) is 19.2 Å². The maximum atomic E-state index is 13.5. The lowest BCUT2D eigenvalue weighted by Gasteiger charge is -2.08. The van der Waals surface area contributed by atoms with E-state index in [1.54, 1.807) is 16.7 Å². The van der Waals surface area contributed by atoms with Gasteiger partial charge in [-0.2, -0.15) is 0 Å². The molecule has 0 aliphatic heterocycles. The average molecular weight is 410 g/mol. The number of fused-ring (bicyclic) bond motifs is 2. The van der Waals surface area contributed by atoms with Gasteiger partial charge in [0, 0.05) is 6.54 Å². The highest BCUT2D eigenvalue weighted by Crippen LogP contribution is 2.35. The van der Waals surface area contributed by atoms with Crippen molar-refractivity contribution in [2.45, 2.75) is 36.1 Å². The molecule has 2 aromatic heterocycles. The van der Waals surface area contributed by atoms with Crippen molar-refractivity contribution in [3.63, 3.8) is 0 Å². The SMILES string of the molecule is CCCCn1c(N)c(S(=O)(=O)c2ccc(OC)cc2)c2nc3ccccc3nc21. The Hall–Kier alpha value is -3.13. The van der Waals surface area contributed by atoms with Crippen LogP contribution in [0.1, 0.15) is 19.8 Å². The normalized spacial score (nSPS) is 11.9. The molecular formula is C21H22N4O3S. The van der Waals surface area contributed by atoms with Crippen LogP contribution in [-0.4, -0.2) is 30.1 Å². The number of aromatic nitrogens is 3. The lowest BCUT2D eigenvalue weighted by atomic mass is 10.3. The predicted molar refractivity (Wildman–Crippen MR) is 113 cm³/mol. The van der Waals surface area contributed by atoms with Gasteiger partial charge in [0.1, 0.15) is 22.0 Å². The molecule has 150 valence electrons. The van der Waals surface area contributed by atoms with Crippen molar-refractivity contribution in [2.24, 2.45) is 0 Å². The van der Waals surface area contributed by atoms with E-state index in [1.807, 2.05) is 24.3 Å². The number of aryl methyl sites for hydroxylation is 1. The molecule has 0 spiro atoms.